The summed E-state index contributed by atoms with van der Waals surface area (Å²) in [5.41, 5.74) is 1.05. The molecule has 2 aliphatic rings. The molecule has 3 atom stereocenters. The summed E-state index contributed by atoms with van der Waals surface area (Å²) in [6, 6.07) is 0. The molecule has 1 radical (unpaired) electrons. The Bertz CT molecular complexity index is 520. The van der Waals surface area contributed by atoms with Gasteiger partial charge in [0.25, 0.3) is 0 Å². The molecule has 4 heteroatoms. The smallest absolute Gasteiger partial charge is 0.0950 e. The third-order valence-corrected chi connectivity index (χ3v) is 6.33. The van der Waals surface area contributed by atoms with Gasteiger partial charge in [0.15, 0.2) is 0 Å². The van der Waals surface area contributed by atoms with Crippen molar-refractivity contribution >= 4 is 0 Å². The molecule has 0 spiro atoms. The molecule has 151 valence electrons. The predicted octanol–water partition coefficient (Wildman–Crippen LogP) is 5.59. The summed E-state index contributed by atoms with van der Waals surface area (Å²) in [5, 5.41) is 31.1. The van der Waals surface area contributed by atoms with Crippen LogP contribution < -0.4 is 0 Å². The fourth-order valence-corrected chi connectivity index (χ4v) is 4.51. The van der Waals surface area contributed by atoms with E-state index in [9.17, 15) is 15.3 Å². The molecule has 3 nitrogen and oxygen atoms in total. The van der Waals surface area contributed by atoms with E-state index in [1.165, 1.54) is 19.3 Å². The summed E-state index contributed by atoms with van der Waals surface area (Å²) in [5.74, 6) is 0.218. The minimum absolute atomic E-state index is 0. The number of hydrogen-bond acceptors (Lipinski definition) is 3. The molecule has 0 aliphatic heterocycles. The van der Waals surface area contributed by atoms with Crippen LogP contribution in [0.25, 0.3) is 0 Å². The normalized spacial score (nSPS) is 25.8. The van der Waals surface area contributed by atoms with Gasteiger partial charge >= 0.3 is 0 Å². The Hall–Kier alpha value is 0.382. The van der Waals surface area contributed by atoms with E-state index in [-0.39, 0.29) is 61.5 Å². The number of rotatable bonds is 11. The summed E-state index contributed by atoms with van der Waals surface area (Å²) in [4.78, 5) is 0. The third-order valence-electron chi connectivity index (χ3n) is 6.33. The van der Waals surface area contributed by atoms with E-state index in [1.807, 2.05) is 12.2 Å². The SMILES string of the molecule is CCCC/C=C\CC1=C(O)C[C@@H](O)[C@@H]1/C=C/CC(O)C1(CCC)CCC1.[Ac]. The maximum Gasteiger partial charge on any atom is 0.0950 e. The number of aliphatic hydroxyl groups excluding tert-OH is 3. The van der Waals surface area contributed by atoms with Gasteiger partial charge in [-0.3, -0.25) is 0 Å². The Labute approximate surface area is 201 Å². The van der Waals surface area contributed by atoms with Gasteiger partial charge in [0, 0.05) is 56.4 Å². The second kappa shape index (κ2) is 12.8. The van der Waals surface area contributed by atoms with Gasteiger partial charge < -0.3 is 15.3 Å². The Kier molecular flexibility index (Phi) is 12.1. The van der Waals surface area contributed by atoms with Gasteiger partial charge in [-0.05, 0) is 49.5 Å². The summed E-state index contributed by atoms with van der Waals surface area (Å²) < 4.78 is 0. The van der Waals surface area contributed by atoms with E-state index in [0.29, 0.717) is 25.0 Å². The van der Waals surface area contributed by atoms with Crippen molar-refractivity contribution in [1.82, 2.24) is 0 Å². The zero-order valence-electron chi connectivity index (χ0n) is 17.2. The molecule has 0 bridgehead atoms. The van der Waals surface area contributed by atoms with Gasteiger partial charge in [-0.2, -0.15) is 0 Å². The van der Waals surface area contributed by atoms with E-state index in [4.69, 9.17) is 0 Å². The predicted molar refractivity (Wildman–Crippen MR) is 108 cm³/mol. The molecule has 2 aliphatic carbocycles. The number of aliphatic hydroxyl groups is 3. The van der Waals surface area contributed by atoms with Crippen LogP contribution >= 0.6 is 0 Å². The number of allylic oxidation sites excluding steroid dienone is 2. The van der Waals surface area contributed by atoms with E-state index in [2.05, 4.69) is 26.0 Å². The molecule has 2 rings (SSSR count). The molecule has 0 aromatic carbocycles. The molecule has 0 aromatic heterocycles. The van der Waals surface area contributed by atoms with Crippen LogP contribution in [0.15, 0.2) is 35.6 Å². The summed E-state index contributed by atoms with van der Waals surface area (Å²) in [6.45, 7) is 4.37. The first-order valence-corrected chi connectivity index (χ1v) is 10.6. The summed E-state index contributed by atoms with van der Waals surface area (Å²) in [7, 11) is 0. The second-order valence-corrected chi connectivity index (χ2v) is 8.23. The average Bonchev–Trinajstić information content (AvgIpc) is 2.84. The quantitative estimate of drug-likeness (QED) is 0.218. The molecule has 27 heavy (non-hydrogen) atoms. The molecular formula is C23H38AcO3. The first-order chi connectivity index (χ1) is 12.5. The van der Waals surface area contributed by atoms with Crippen LogP contribution in [0, 0.1) is 55.4 Å². The van der Waals surface area contributed by atoms with Crippen LogP contribution in [-0.4, -0.2) is 27.5 Å². The minimum atomic E-state index is -0.546. The fraction of sp³-hybridized carbons (Fsp3) is 0.739. The maximum absolute atomic E-state index is 10.6. The fourth-order valence-electron chi connectivity index (χ4n) is 4.51. The topological polar surface area (TPSA) is 60.7 Å². The molecule has 0 heterocycles. The summed E-state index contributed by atoms with van der Waals surface area (Å²) in [6.07, 6.45) is 18.3. The standard InChI is InChI=1S/C23H38O3.Ac/c1-3-5-6-7-8-11-18-19(21(25)17-20(18)24)12-9-13-22(26)23(14-4-2)15-10-16-23;/h7-9,12,19,21-22,24-26H,3-6,10-11,13-17H2,1-2H3;/b8-7-,12-9+;/t19-,21-,22?;/m1./s1. The average molecular weight is 590 g/mol. The van der Waals surface area contributed by atoms with Crippen molar-refractivity contribution in [3.05, 3.63) is 35.6 Å². The molecule has 1 fully saturated rings. The largest absolute Gasteiger partial charge is 0.512 e. The van der Waals surface area contributed by atoms with E-state index in [0.717, 1.165) is 37.7 Å². The van der Waals surface area contributed by atoms with Gasteiger partial charge in [-0.25, -0.2) is 0 Å². The molecule has 1 saturated carbocycles. The maximum atomic E-state index is 10.6. The number of unbranched alkanes of at least 4 members (excludes halogenated alkanes) is 2. The monoisotopic (exact) mass is 589 g/mol. The summed E-state index contributed by atoms with van der Waals surface area (Å²) >= 11 is 0. The van der Waals surface area contributed by atoms with E-state index >= 15 is 0 Å². The van der Waals surface area contributed by atoms with Crippen LogP contribution in [0.5, 0.6) is 0 Å². The van der Waals surface area contributed by atoms with Crippen LogP contribution in [0.1, 0.15) is 84.5 Å². The van der Waals surface area contributed by atoms with Gasteiger partial charge in [0.1, 0.15) is 0 Å². The van der Waals surface area contributed by atoms with Crippen molar-refractivity contribution in [1.29, 1.82) is 0 Å². The van der Waals surface area contributed by atoms with E-state index < -0.39 is 6.10 Å². The Morgan fingerprint density at radius 2 is 1.89 bits per heavy atom. The van der Waals surface area contributed by atoms with Gasteiger partial charge in [0.2, 0.25) is 0 Å². The van der Waals surface area contributed by atoms with Crippen molar-refractivity contribution in [3.63, 3.8) is 0 Å². The molecular weight excluding hydrogens is 551 g/mol. The van der Waals surface area contributed by atoms with Gasteiger partial charge in [-0.1, -0.05) is 63.8 Å². The van der Waals surface area contributed by atoms with Crippen LogP contribution in [-0.2, 0) is 0 Å². The van der Waals surface area contributed by atoms with Crippen molar-refractivity contribution in [3.8, 4) is 0 Å². The zero-order valence-corrected chi connectivity index (χ0v) is 22.0. The van der Waals surface area contributed by atoms with Crippen LogP contribution in [0.3, 0.4) is 0 Å². The zero-order chi connectivity index (χ0) is 19.0. The van der Waals surface area contributed by atoms with Crippen LogP contribution in [0.2, 0.25) is 0 Å². The van der Waals surface area contributed by atoms with E-state index in [1.54, 1.807) is 0 Å². The van der Waals surface area contributed by atoms with Gasteiger partial charge in [-0.15, -0.1) is 0 Å². The first-order valence-electron chi connectivity index (χ1n) is 10.6. The van der Waals surface area contributed by atoms with Gasteiger partial charge in [0.05, 0.1) is 18.0 Å². The second-order valence-electron chi connectivity index (χ2n) is 8.23. The van der Waals surface area contributed by atoms with Crippen molar-refractivity contribution in [2.24, 2.45) is 11.3 Å². The molecule has 0 amide bonds. The molecule has 0 saturated heterocycles. The molecule has 1 unspecified atom stereocenters. The third kappa shape index (κ3) is 6.99. The Morgan fingerprint density at radius 1 is 1.15 bits per heavy atom. The van der Waals surface area contributed by atoms with Crippen molar-refractivity contribution < 1.29 is 59.4 Å². The van der Waals surface area contributed by atoms with Crippen molar-refractivity contribution in [2.75, 3.05) is 0 Å². The first kappa shape index (κ1) is 25.4. The molecule has 3 N–H and O–H groups in total. The van der Waals surface area contributed by atoms with Crippen molar-refractivity contribution in [2.45, 2.75) is 96.7 Å². The Morgan fingerprint density at radius 3 is 2.48 bits per heavy atom. The minimum Gasteiger partial charge on any atom is -0.512 e. The van der Waals surface area contributed by atoms with Crippen LogP contribution in [0.4, 0.5) is 0 Å². The Balaban J connectivity index is 0.00000364. The number of hydrogen-bond donors (Lipinski definition) is 3. The molecule has 0 aromatic rings.